The lowest BCUT2D eigenvalue weighted by molar-refractivity contribution is -0.125. The van der Waals surface area contributed by atoms with Gasteiger partial charge in [-0.15, -0.1) is 5.06 Å². The molecule has 0 unspecified atom stereocenters. The van der Waals surface area contributed by atoms with Gasteiger partial charge in [0.2, 0.25) is 0 Å². The summed E-state index contributed by atoms with van der Waals surface area (Å²) in [5.74, 6) is 0. The Hall–Kier alpha value is -0.770. The van der Waals surface area contributed by atoms with Crippen molar-refractivity contribution in [2.45, 2.75) is 45.6 Å². The van der Waals surface area contributed by atoms with Gasteiger partial charge < -0.3 is 9.74 Å². The van der Waals surface area contributed by atoms with E-state index in [0.717, 1.165) is 25.9 Å². The van der Waals surface area contributed by atoms with Crippen LogP contribution in [0.3, 0.4) is 0 Å². The summed E-state index contributed by atoms with van der Waals surface area (Å²) in [7, 11) is 1.77. The predicted octanol–water partition coefficient (Wildman–Crippen LogP) is 2.25. The molecule has 15 heavy (non-hydrogen) atoms. The molecule has 88 valence electrons. The van der Waals surface area contributed by atoms with Gasteiger partial charge in [0.25, 0.3) is 0 Å². The van der Waals surface area contributed by atoms with Crippen LogP contribution < -0.4 is 0 Å². The number of piperidine rings is 1. The standard InChI is InChI=1S/C11H22N2O2/c1-11(2,3)12(4)10(14)15-13-8-6-5-7-9-13/h5-9H2,1-4H3. The summed E-state index contributed by atoms with van der Waals surface area (Å²) in [6.07, 6.45) is 3.21. The zero-order valence-corrected chi connectivity index (χ0v) is 10.2. The number of amides is 1. The molecule has 0 saturated carbocycles. The Morgan fingerprint density at radius 1 is 1.20 bits per heavy atom. The highest BCUT2D eigenvalue weighted by Crippen LogP contribution is 2.14. The molecule has 1 fully saturated rings. The second-order valence-electron chi connectivity index (χ2n) is 5.08. The third-order valence-corrected chi connectivity index (χ3v) is 2.80. The van der Waals surface area contributed by atoms with Crippen molar-refractivity contribution >= 4 is 6.09 Å². The topological polar surface area (TPSA) is 32.8 Å². The Morgan fingerprint density at radius 2 is 1.73 bits per heavy atom. The first-order valence-electron chi connectivity index (χ1n) is 5.62. The summed E-state index contributed by atoms with van der Waals surface area (Å²) in [5, 5.41) is 1.77. The van der Waals surface area contributed by atoms with Crippen LogP contribution >= 0.6 is 0 Å². The monoisotopic (exact) mass is 214 g/mol. The average molecular weight is 214 g/mol. The van der Waals surface area contributed by atoms with Gasteiger partial charge in [-0.1, -0.05) is 6.42 Å². The van der Waals surface area contributed by atoms with E-state index in [1.54, 1.807) is 17.0 Å². The summed E-state index contributed by atoms with van der Waals surface area (Å²) < 4.78 is 0. The van der Waals surface area contributed by atoms with Crippen LogP contribution in [-0.2, 0) is 4.84 Å². The maximum atomic E-state index is 11.7. The van der Waals surface area contributed by atoms with Crippen LogP contribution in [0.1, 0.15) is 40.0 Å². The maximum Gasteiger partial charge on any atom is 0.429 e. The minimum Gasteiger partial charge on any atom is -0.351 e. The molecular weight excluding hydrogens is 192 g/mol. The maximum absolute atomic E-state index is 11.7. The molecule has 1 heterocycles. The third kappa shape index (κ3) is 3.70. The average Bonchev–Trinajstić information content (AvgIpc) is 2.16. The molecule has 1 rings (SSSR count). The SMILES string of the molecule is CN(C(=O)ON1CCCCC1)C(C)(C)C. The second kappa shape index (κ2) is 4.84. The number of nitrogens with zero attached hydrogens (tertiary/aromatic N) is 2. The van der Waals surface area contributed by atoms with E-state index in [1.165, 1.54) is 6.42 Å². The van der Waals surface area contributed by atoms with Gasteiger partial charge >= 0.3 is 6.09 Å². The molecule has 1 amide bonds. The van der Waals surface area contributed by atoms with Gasteiger partial charge in [0.1, 0.15) is 0 Å². The first-order valence-corrected chi connectivity index (χ1v) is 5.62. The summed E-state index contributed by atoms with van der Waals surface area (Å²) in [5.41, 5.74) is -0.188. The van der Waals surface area contributed by atoms with E-state index in [9.17, 15) is 4.79 Å². The van der Waals surface area contributed by atoms with E-state index in [0.29, 0.717) is 0 Å². The Balaban J connectivity index is 2.40. The lowest BCUT2D eigenvalue weighted by Gasteiger charge is -2.33. The first-order chi connectivity index (χ1) is 6.91. The fourth-order valence-electron chi connectivity index (χ4n) is 1.40. The molecule has 0 N–H and O–H groups in total. The molecule has 0 bridgehead atoms. The van der Waals surface area contributed by atoms with Gasteiger partial charge in [0.15, 0.2) is 0 Å². The van der Waals surface area contributed by atoms with E-state index in [2.05, 4.69) is 0 Å². The van der Waals surface area contributed by atoms with Crippen LogP contribution in [0.4, 0.5) is 4.79 Å². The van der Waals surface area contributed by atoms with Gasteiger partial charge in [-0.05, 0) is 33.6 Å². The Labute approximate surface area is 92.1 Å². The summed E-state index contributed by atoms with van der Waals surface area (Å²) in [4.78, 5) is 18.6. The number of hydrogen-bond acceptors (Lipinski definition) is 3. The number of carbonyl (C=O) groups excluding carboxylic acids is 1. The first kappa shape index (κ1) is 12.3. The van der Waals surface area contributed by atoms with Crippen molar-refractivity contribution in [3.63, 3.8) is 0 Å². The largest absolute Gasteiger partial charge is 0.429 e. The quantitative estimate of drug-likeness (QED) is 0.671. The highest BCUT2D eigenvalue weighted by atomic mass is 16.7. The normalized spacial score (nSPS) is 18.7. The molecule has 0 aromatic carbocycles. The lowest BCUT2D eigenvalue weighted by atomic mass is 10.1. The van der Waals surface area contributed by atoms with Gasteiger partial charge in [0, 0.05) is 25.7 Å². The summed E-state index contributed by atoms with van der Waals surface area (Å²) >= 11 is 0. The highest BCUT2D eigenvalue weighted by Gasteiger charge is 2.26. The zero-order valence-electron chi connectivity index (χ0n) is 10.2. The minimum atomic E-state index is -0.260. The molecule has 0 atom stereocenters. The highest BCUT2D eigenvalue weighted by molar-refractivity contribution is 5.67. The molecule has 0 spiro atoms. The smallest absolute Gasteiger partial charge is 0.351 e. The van der Waals surface area contributed by atoms with Crippen molar-refractivity contribution in [2.24, 2.45) is 0 Å². The molecule has 1 aliphatic heterocycles. The number of carbonyl (C=O) groups is 1. The zero-order chi connectivity index (χ0) is 11.5. The van der Waals surface area contributed by atoms with Crippen LogP contribution in [0, 0.1) is 0 Å². The van der Waals surface area contributed by atoms with Gasteiger partial charge in [0.05, 0.1) is 0 Å². The van der Waals surface area contributed by atoms with Crippen molar-refractivity contribution in [1.82, 2.24) is 9.96 Å². The van der Waals surface area contributed by atoms with E-state index in [1.807, 2.05) is 20.8 Å². The molecular formula is C11H22N2O2. The molecule has 4 heteroatoms. The fourth-order valence-corrected chi connectivity index (χ4v) is 1.40. The van der Waals surface area contributed by atoms with Gasteiger partial charge in [-0.2, -0.15) is 0 Å². The molecule has 0 aromatic rings. The van der Waals surface area contributed by atoms with Crippen LogP contribution in [0.25, 0.3) is 0 Å². The van der Waals surface area contributed by atoms with E-state index < -0.39 is 0 Å². The second-order valence-corrected chi connectivity index (χ2v) is 5.08. The molecule has 1 saturated heterocycles. The Bertz CT molecular complexity index is 217. The van der Waals surface area contributed by atoms with Crippen molar-refractivity contribution in [3.8, 4) is 0 Å². The predicted molar refractivity (Wildman–Crippen MR) is 59.4 cm³/mol. The molecule has 1 aliphatic rings. The summed E-state index contributed by atoms with van der Waals surface area (Å²) in [6, 6.07) is 0. The van der Waals surface area contributed by atoms with Crippen molar-refractivity contribution in [3.05, 3.63) is 0 Å². The number of hydroxylamine groups is 2. The van der Waals surface area contributed by atoms with Crippen LogP contribution in [0.2, 0.25) is 0 Å². The van der Waals surface area contributed by atoms with E-state index >= 15 is 0 Å². The van der Waals surface area contributed by atoms with Crippen LogP contribution in [-0.4, -0.2) is 41.7 Å². The van der Waals surface area contributed by atoms with Gasteiger partial charge in [-0.3, -0.25) is 0 Å². The lowest BCUT2D eigenvalue weighted by Crippen LogP contribution is -2.46. The van der Waals surface area contributed by atoms with E-state index in [-0.39, 0.29) is 11.6 Å². The Morgan fingerprint density at radius 3 is 2.20 bits per heavy atom. The van der Waals surface area contributed by atoms with Gasteiger partial charge in [-0.25, -0.2) is 4.79 Å². The van der Waals surface area contributed by atoms with Crippen molar-refractivity contribution in [2.75, 3.05) is 20.1 Å². The summed E-state index contributed by atoms with van der Waals surface area (Å²) in [6.45, 7) is 7.70. The minimum absolute atomic E-state index is 0.188. The van der Waals surface area contributed by atoms with Crippen molar-refractivity contribution < 1.29 is 9.63 Å². The van der Waals surface area contributed by atoms with Crippen molar-refractivity contribution in [1.29, 1.82) is 0 Å². The number of hydrogen-bond donors (Lipinski definition) is 0. The Kier molecular flexibility index (Phi) is 3.97. The fraction of sp³-hybridized carbons (Fsp3) is 0.909. The van der Waals surface area contributed by atoms with Crippen LogP contribution in [0.5, 0.6) is 0 Å². The third-order valence-electron chi connectivity index (χ3n) is 2.80. The van der Waals surface area contributed by atoms with E-state index in [4.69, 9.17) is 4.84 Å². The van der Waals surface area contributed by atoms with Crippen LogP contribution in [0.15, 0.2) is 0 Å². The molecule has 0 aliphatic carbocycles. The molecule has 0 radical (unpaired) electrons. The molecule has 4 nitrogen and oxygen atoms in total. The number of rotatable bonds is 1. The molecule has 0 aromatic heterocycles.